The number of phenols is 1. The molecule has 0 aromatic heterocycles. The summed E-state index contributed by atoms with van der Waals surface area (Å²) in [4.78, 5) is 38.2. The van der Waals surface area contributed by atoms with Crippen LogP contribution in [0.3, 0.4) is 0 Å². The lowest BCUT2D eigenvalue weighted by atomic mass is 10.1. The van der Waals surface area contributed by atoms with Crippen LogP contribution in [0.5, 0.6) is 5.75 Å². The minimum absolute atomic E-state index is 0.0299. The predicted molar refractivity (Wildman–Crippen MR) is 91.2 cm³/mol. The van der Waals surface area contributed by atoms with Crippen LogP contribution >= 0.6 is 0 Å². The van der Waals surface area contributed by atoms with E-state index in [0.29, 0.717) is 13.1 Å². The van der Waals surface area contributed by atoms with E-state index in [9.17, 15) is 24.8 Å². The van der Waals surface area contributed by atoms with Crippen LogP contribution in [-0.2, 0) is 9.59 Å². The van der Waals surface area contributed by atoms with Crippen molar-refractivity contribution < 1.29 is 19.6 Å². The standard InChI is InChI=1S/C16H22N4O5/c1-18(2)6-3-7-19-10-11(8-15(19)22)16(23)17-13-9-12(20(24)25)4-5-14(13)21/h4-5,9,11,21H,3,6-8,10H2,1-2H3,(H,17,23). The Bertz CT molecular complexity index is 676. The van der Waals surface area contributed by atoms with Crippen LogP contribution in [0.25, 0.3) is 0 Å². The van der Waals surface area contributed by atoms with Gasteiger partial charge >= 0.3 is 0 Å². The van der Waals surface area contributed by atoms with E-state index in [1.165, 1.54) is 0 Å². The zero-order valence-electron chi connectivity index (χ0n) is 14.3. The van der Waals surface area contributed by atoms with Gasteiger partial charge in [-0.05, 0) is 33.1 Å². The van der Waals surface area contributed by atoms with Crippen LogP contribution in [0, 0.1) is 16.0 Å². The number of carbonyl (C=O) groups excluding carboxylic acids is 2. The third-order valence-electron chi connectivity index (χ3n) is 4.07. The van der Waals surface area contributed by atoms with E-state index in [1.54, 1.807) is 4.90 Å². The van der Waals surface area contributed by atoms with E-state index in [-0.39, 0.29) is 29.5 Å². The lowest BCUT2D eigenvalue weighted by Gasteiger charge is -2.18. The summed E-state index contributed by atoms with van der Waals surface area (Å²) in [5.41, 5.74) is -0.265. The number of nitro benzene ring substituents is 1. The van der Waals surface area contributed by atoms with Crippen molar-refractivity contribution in [3.63, 3.8) is 0 Å². The van der Waals surface area contributed by atoms with Crippen molar-refractivity contribution in [3.8, 4) is 5.75 Å². The molecule has 1 fully saturated rings. The van der Waals surface area contributed by atoms with Crippen LogP contribution in [0.15, 0.2) is 18.2 Å². The molecule has 0 saturated carbocycles. The molecule has 1 aromatic carbocycles. The fraction of sp³-hybridized carbons (Fsp3) is 0.500. The van der Waals surface area contributed by atoms with Gasteiger partial charge in [0.25, 0.3) is 5.69 Å². The molecule has 1 aliphatic rings. The topological polar surface area (TPSA) is 116 Å². The van der Waals surface area contributed by atoms with E-state index in [1.807, 2.05) is 19.0 Å². The molecule has 0 aliphatic carbocycles. The molecule has 136 valence electrons. The highest BCUT2D eigenvalue weighted by Crippen LogP contribution is 2.29. The van der Waals surface area contributed by atoms with Gasteiger partial charge in [-0.1, -0.05) is 0 Å². The summed E-state index contributed by atoms with van der Waals surface area (Å²) in [6, 6.07) is 3.40. The molecule has 9 heteroatoms. The Hall–Kier alpha value is -2.68. The average Bonchev–Trinajstić information content (AvgIpc) is 2.90. The van der Waals surface area contributed by atoms with Crippen molar-refractivity contribution in [3.05, 3.63) is 28.3 Å². The normalized spacial score (nSPS) is 17.2. The molecule has 0 radical (unpaired) electrons. The van der Waals surface area contributed by atoms with E-state index in [2.05, 4.69) is 5.32 Å². The number of benzene rings is 1. The van der Waals surface area contributed by atoms with Crippen molar-refractivity contribution in [1.29, 1.82) is 0 Å². The second-order valence-corrected chi connectivity index (χ2v) is 6.35. The zero-order chi connectivity index (χ0) is 18.6. The van der Waals surface area contributed by atoms with Gasteiger partial charge in [0, 0.05) is 31.6 Å². The first-order chi connectivity index (χ1) is 11.8. The highest BCUT2D eigenvalue weighted by Gasteiger charge is 2.34. The number of likely N-dealkylation sites (tertiary alicyclic amines) is 1. The fourth-order valence-corrected chi connectivity index (χ4v) is 2.71. The van der Waals surface area contributed by atoms with Gasteiger partial charge in [0.15, 0.2) is 0 Å². The molecule has 1 atom stereocenters. The van der Waals surface area contributed by atoms with Crippen LogP contribution in [0.4, 0.5) is 11.4 Å². The first-order valence-electron chi connectivity index (χ1n) is 7.98. The lowest BCUT2D eigenvalue weighted by Crippen LogP contribution is -2.30. The number of anilines is 1. The van der Waals surface area contributed by atoms with Crippen LogP contribution in [0.1, 0.15) is 12.8 Å². The van der Waals surface area contributed by atoms with E-state index in [4.69, 9.17) is 0 Å². The third kappa shape index (κ3) is 4.90. The Kier molecular flexibility index (Phi) is 5.92. The lowest BCUT2D eigenvalue weighted by molar-refractivity contribution is -0.384. The molecule has 2 rings (SSSR count). The highest BCUT2D eigenvalue weighted by atomic mass is 16.6. The molecule has 1 aliphatic heterocycles. The molecule has 1 saturated heterocycles. The van der Waals surface area contributed by atoms with Gasteiger partial charge < -0.3 is 20.2 Å². The summed E-state index contributed by atoms with van der Waals surface area (Å²) in [5, 5.41) is 23.0. The number of aromatic hydroxyl groups is 1. The molecule has 2 amide bonds. The summed E-state index contributed by atoms with van der Waals surface area (Å²) in [6.45, 7) is 1.75. The van der Waals surface area contributed by atoms with Gasteiger partial charge in [-0.3, -0.25) is 19.7 Å². The van der Waals surface area contributed by atoms with Crippen LogP contribution in [-0.4, -0.2) is 65.4 Å². The number of nitro groups is 1. The molecule has 0 spiro atoms. The minimum Gasteiger partial charge on any atom is -0.506 e. The van der Waals surface area contributed by atoms with Crippen LogP contribution < -0.4 is 5.32 Å². The highest BCUT2D eigenvalue weighted by molar-refractivity contribution is 5.98. The molecule has 25 heavy (non-hydrogen) atoms. The molecular weight excluding hydrogens is 328 g/mol. The molecule has 1 aromatic rings. The second-order valence-electron chi connectivity index (χ2n) is 6.35. The van der Waals surface area contributed by atoms with E-state index < -0.39 is 16.7 Å². The monoisotopic (exact) mass is 350 g/mol. The van der Waals surface area contributed by atoms with E-state index in [0.717, 1.165) is 31.2 Å². The first kappa shape index (κ1) is 18.7. The predicted octanol–water partition coefficient (Wildman–Crippen LogP) is 1.04. The Morgan fingerprint density at radius 3 is 2.84 bits per heavy atom. The number of nitrogens with one attached hydrogen (secondary N) is 1. The number of amides is 2. The number of rotatable bonds is 7. The zero-order valence-corrected chi connectivity index (χ0v) is 14.3. The number of phenolic OH excluding ortho intramolecular Hbond substituents is 1. The van der Waals surface area contributed by atoms with Crippen LogP contribution in [0.2, 0.25) is 0 Å². The maximum atomic E-state index is 12.3. The van der Waals surface area contributed by atoms with Gasteiger partial charge in [0.1, 0.15) is 5.75 Å². The smallest absolute Gasteiger partial charge is 0.271 e. The largest absolute Gasteiger partial charge is 0.506 e. The molecule has 9 nitrogen and oxygen atoms in total. The maximum Gasteiger partial charge on any atom is 0.271 e. The number of non-ortho nitro benzene ring substituents is 1. The molecule has 1 unspecified atom stereocenters. The van der Waals surface area contributed by atoms with Crippen molar-refractivity contribution in [2.24, 2.45) is 5.92 Å². The molecule has 1 heterocycles. The number of nitrogens with zero attached hydrogens (tertiary/aromatic N) is 3. The first-order valence-corrected chi connectivity index (χ1v) is 7.98. The minimum atomic E-state index is -0.610. The second kappa shape index (κ2) is 7.93. The number of carbonyl (C=O) groups is 2. The van der Waals surface area contributed by atoms with Crippen molar-refractivity contribution >= 4 is 23.2 Å². The van der Waals surface area contributed by atoms with Crippen molar-refractivity contribution in [2.75, 3.05) is 39.0 Å². The van der Waals surface area contributed by atoms with Crippen molar-refractivity contribution in [1.82, 2.24) is 9.80 Å². The van der Waals surface area contributed by atoms with E-state index >= 15 is 0 Å². The number of hydrogen-bond donors (Lipinski definition) is 2. The van der Waals surface area contributed by atoms with Gasteiger partial charge in [-0.15, -0.1) is 0 Å². The Morgan fingerprint density at radius 1 is 1.48 bits per heavy atom. The maximum absolute atomic E-state index is 12.3. The SMILES string of the molecule is CN(C)CCCN1CC(C(=O)Nc2cc([N+](=O)[O-])ccc2O)CC1=O. The van der Waals surface area contributed by atoms with Crippen molar-refractivity contribution in [2.45, 2.75) is 12.8 Å². The molecule has 0 bridgehead atoms. The summed E-state index contributed by atoms with van der Waals surface area (Å²) in [6.07, 6.45) is 0.919. The van der Waals surface area contributed by atoms with Gasteiger partial charge in [-0.2, -0.15) is 0 Å². The summed E-state index contributed by atoms with van der Waals surface area (Å²) >= 11 is 0. The van der Waals surface area contributed by atoms with Gasteiger partial charge in [0.05, 0.1) is 16.5 Å². The molecular formula is C16H22N4O5. The fourth-order valence-electron chi connectivity index (χ4n) is 2.71. The number of hydrogen-bond acceptors (Lipinski definition) is 6. The Labute approximate surface area is 145 Å². The Balaban J connectivity index is 1.97. The van der Waals surface area contributed by atoms with Gasteiger partial charge in [0.2, 0.25) is 11.8 Å². The summed E-state index contributed by atoms with van der Waals surface area (Å²) in [5.74, 6) is -1.31. The Morgan fingerprint density at radius 2 is 2.20 bits per heavy atom. The summed E-state index contributed by atoms with van der Waals surface area (Å²) < 4.78 is 0. The quantitative estimate of drug-likeness (QED) is 0.431. The third-order valence-corrected chi connectivity index (χ3v) is 4.07. The van der Waals surface area contributed by atoms with Gasteiger partial charge in [-0.25, -0.2) is 0 Å². The average molecular weight is 350 g/mol. The summed E-state index contributed by atoms with van der Waals surface area (Å²) in [7, 11) is 3.90. The molecule has 2 N–H and O–H groups in total.